The van der Waals surface area contributed by atoms with Crippen LogP contribution in [0.2, 0.25) is 0 Å². The summed E-state index contributed by atoms with van der Waals surface area (Å²) in [5.74, 6) is -2.84. The summed E-state index contributed by atoms with van der Waals surface area (Å²) in [5, 5.41) is 30.3. The number of ether oxygens (including phenoxy) is 1. The number of sulfone groups is 1. The van der Waals surface area contributed by atoms with Crippen LogP contribution in [-0.2, 0) is 24.2 Å². The number of carboxylic acid groups (broad SMARTS) is 1. The molecule has 3 atom stereocenters. The number of carbonyl (C=O) groups is 3. The van der Waals surface area contributed by atoms with Crippen molar-refractivity contribution in [2.45, 2.75) is 29.5 Å². The number of hydrazone groups is 1. The van der Waals surface area contributed by atoms with E-state index in [1.807, 2.05) is 5.43 Å². The van der Waals surface area contributed by atoms with E-state index in [9.17, 15) is 38.1 Å². The van der Waals surface area contributed by atoms with Gasteiger partial charge in [0.1, 0.15) is 16.7 Å². The zero-order valence-electron chi connectivity index (χ0n) is 15.0. The van der Waals surface area contributed by atoms with E-state index >= 15 is 0 Å². The third kappa shape index (κ3) is 3.22. The molecular formula is C16H17N3O9S. The predicted octanol–water partition coefficient (Wildman–Crippen LogP) is -0.643. The van der Waals surface area contributed by atoms with E-state index in [0.29, 0.717) is 5.56 Å². The highest BCUT2D eigenvalue weighted by atomic mass is 32.2. The third-order valence-electron chi connectivity index (χ3n) is 4.90. The van der Waals surface area contributed by atoms with Crippen molar-refractivity contribution in [3.8, 4) is 11.5 Å². The molecule has 3 rings (SSSR count). The Morgan fingerprint density at radius 3 is 2.66 bits per heavy atom. The minimum Gasteiger partial charge on any atom is -0.504 e. The van der Waals surface area contributed by atoms with Crippen molar-refractivity contribution >= 4 is 34.0 Å². The van der Waals surface area contributed by atoms with Crippen molar-refractivity contribution in [2.75, 3.05) is 6.61 Å². The maximum Gasteiger partial charge on any atom is 0.427 e. The monoisotopic (exact) mass is 427 g/mol. The maximum absolute atomic E-state index is 12.7. The summed E-state index contributed by atoms with van der Waals surface area (Å²) in [4.78, 5) is 35.9. The molecule has 0 spiro atoms. The molecule has 156 valence electrons. The first-order valence-electron chi connectivity index (χ1n) is 8.24. The highest BCUT2D eigenvalue weighted by Crippen LogP contribution is 2.46. The zero-order chi connectivity index (χ0) is 21.6. The van der Waals surface area contributed by atoms with Crippen LogP contribution in [-0.4, -0.2) is 75.6 Å². The molecule has 2 fully saturated rings. The molecule has 0 aliphatic carbocycles. The number of hydrogen-bond donors (Lipinski definition) is 4. The third-order valence-corrected chi connectivity index (χ3v) is 7.66. The van der Waals surface area contributed by atoms with Gasteiger partial charge in [0.05, 0.1) is 12.6 Å². The molecule has 0 radical (unpaired) electrons. The normalized spacial score (nSPS) is 27.3. The van der Waals surface area contributed by atoms with Gasteiger partial charge in [-0.1, -0.05) is 0 Å². The van der Waals surface area contributed by atoms with Crippen LogP contribution in [0.1, 0.15) is 18.9 Å². The fraction of sp³-hybridized carbons (Fsp3) is 0.375. The maximum atomic E-state index is 12.7. The Kier molecular flexibility index (Phi) is 4.86. The SMILES string of the molecule is C[C@]1(COC(=O)N/N=C/c2ccc(O)c(O)c2)[C@H](C(=O)O)N2C(=O)C[C@H]2S1(=O)=O. The number of aliphatic carboxylic acids is 1. The van der Waals surface area contributed by atoms with Crippen LogP contribution in [0.4, 0.5) is 4.79 Å². The summed E-state index contributed by atoms with van der Waals surface area (Å²) in [7, 11) is -4.09. The second-order valence-corrected chi connectivity index (χ2v) is 9.32. The lowest BCUT2D eigenvalue weighted by atomic mass is 9.97. The van der Waals surface area contributed by atoms with E-state index in [2.05, 4.69) is 5.10 Å². The standard InChI is InChI=1S/C16H17N3O9S/c1-16(13(14(23)24)19-11(22)5-12(19)29(16,26)27)7-28-15(25)18-17-6-8-2-3-9(20)10(21)4-8/h2-4,6,12-13,20-21H,5,7H2,1H3,(H,18,25)(H,23,24)/b17-6+/t12-,13+,16+/m1/s1. The lowest BCUT2D eigenvalue weighted by molar-refractivity contribution is -0.158. The number of hydrogen-bond acceptors (Lipinski definition) is 9. The summed E-state index contributed by atoms with van der Waals surface area (Å²) in [6, 6.07) is 2.11. The fourth-order valence-corrected chi connectivity index (χ4v) is 5.56. The van der Waals surface area contributed by atoms with Crippen molar-refractivity contribution in [3.63, 3.8) is 0 Å². The first-order valence-corrected chi connectivity index (χ1v) is 9.79. The Hall–Kier alpha value is -3.35. The van der Waals surface area contributed by atoms with Gasteiger partial charge in [-0.05, 0) is 30.7 Å². The van der Waals surface area contributed by atoms with Crippen molar-refractivity contribution < 1.29 is 42.9 Å². The number of nitrogens with zero attached hydrogens (tertiary/aromatic N) is 2. The summed E-state index contributed by atoms with van der Waals surface area (Å²) in [6.07, 6.45) is -0.332. The number of aromatic hydroxyl groups is 2. The van der Waals surface area contributed by atoms with Crippen LogP contribution in [0.25, 0.3) is 0 Å². The number of nitrogens with one attached hydrogen (secondary N) is 1. The van der Waals surface area contributed by atoms with E-state index < -0.39 is 56.3 Å². The van der Waals surface area contributed by atoms with Gasteiger partial charge in [-0.15, -0.1) is 0 Å². The summed E-state index contributed by atoms with van der Waals surface area (Å²) < 4.78 is 28.2. The molecule has 12 nitrogen and oxygen atoms in total. The largest absolute Gasteiger partial charge is 0.504 e. The molecule has 29 heavy (non-hydrogen) atoms. The number of carboxylic acids is 1. The van der Waals surface area contributed by atoms with Gasteiger partial charge < -0.3 is 25.0 Å². The summed E-state index contributed by atoms with van der Waals surface area (Å²) in [5.41, 5.74) is 2.30. The molecule has 0 aromatic heterocycles. The minimum atomic E-state index is -4.09. The molecule has 2 aliphatic rings. The van der Waals surface area contributed by atoms with Crippen LogP contribution >= 0.6 is 0 Å². The highest BCUT2D eigenvalue weighted by Gasteiger charge is 2.70. The Morgan fingerprint density at radius 2 is 2.07 bits per heavy atom. The molecule has 1 aromatic carbocycles. The first kappa shape index (κ1) is 20.4. The molecule has 0 unspecified atom stereocenters. The quantitative estimate of drug-likeness (QED) is 0.205. The number of fused-ring (bicyclic) bond motifs is 1. The summed E-state index contributed by atoms with van der Waals surface area (Å²) in [6.45, 7) is 0.316. The fourth-order valence-electron chi connectivity index (χ4n) is 3.29. The topological polar surface area (TPSA) is 183 Å². The summed E-state index contributed by atoms with van der Waals surface area (Å²) >= 11 is 0. The predicted molar refractivity (Wildman–Crippen MR) is 95.8 cm³/mol. The van der Waals surface area contributed by atoms with Crippen LogP contribution in [0.3, 0.4) is 0 Å². The lowest BCUT2D eigenvalue weighted by Crippen LogP contribution is -2.58. The van der Waals surface area contributed by atoms with Crippen molar-refractivity contribution in [3.05, 3.63) is 23.8 Å². The zero-order valence-corrected chi connectivity index (χ0v) is 15.8. The molecule has 13 heteroatoms. The van der Waals surface area contributed by atoms with Crippen molar-refractivity contribution in [1.82, 2.24) is 10.3 Å². The van der Waals surface area contributed by atoms with Gasteiger partial charge >= 0.3 is 12.1 Å². The molecule has 2 heterocycles. The van der Waals surface area contributed by atoms with Gasteiger partial charge in [-0.3, -0.25) is 4.79 Å². The van der Waals surface area contributed by atoms with E-state index in [1.54, 1.807) is 0 Å². The molecule has 0 saturated carbocycles. The second kappa shape index (κ2) is 6.92. The Bertz CT molecular complexity index is 1020. The molecule has 2 amide bonds. The van der Waals surface area contributed by atoms with Gasteiger partial charge in [0.25, 0.3) is 0 Å². The second-order valence-electron chi connectivity index (χ2n) is 6.75. The average molecular weight is 427 g/mol. The highest BCUT2D eigenvalue weighted by molar-refractivity contribution is 7.94. The number of phenolic OH excluding ortho intramolecular Hbond substituents is 2. The molecule has 4 N–H and O–H groups in total. The van der Waals surface area contributed by atoms with Gasteiger partial charge in [-0.25, -0.2) is 23.4 Å². The minimum absolute atomic E-state index is 0.308. The number of amides is 2. The van der Waals surface area contributed by atoms with Gasteiger partial charge in [0.15, 0.2) is 27.4 Å². The van der Waals surface area contributed by atoms with Crippen LogP contribution in [0, 0.1) is 0 Å². The molecule has 1 aromatic rings. The average Bonchev–Trinajstić information content (AvgIpc) is 2.78. The van der Waals surface area contributed by atoms with E-state index in [1.165, 1.54) is 18.2 Å². The number of carbonyl (C=O) groups excluding carboxylic acids is 2. The Balaban J connectivity index is 1.66. The van der Waals surface area contributed by atoms with E-state index in [-0.39, 0.29) is 12.2 Å². The molecule has 2 aliphatic heterocycles. The van der Waals surface area contributed by atoms with Gasteiger partial charge in [0.2, 0.25) is 5.91 Å². The number of phenols is 2. The van der Waals surface area contributed by atoms with Crippen molar-refractivity contribution in [2.24, 2.45) is 5.10 Å². The van der Waals surface area contributed by atoms with Crippen LogP contribution < -0.4 is 5.43 Å². The smallest absolute Gasteiger partial charge is 0.427 e. The van der Waals surface area contributed by atoms with Crippen LogP contribution in [0.5, 0.6) is 11.5 Å². The molecule has 2 saturated heterocycles. The first-order chi connectivity index (χ1) is 13.5. The molecule has 0 bridgehead atoms. The van der Waals surface area contributed by atoms with Gasteiger partial charge in [0, 0.05) is 0 Å². The van der Waals surface area contributed by atoms with E-state index in [4.69, 9.17) is 4.74 Å². The number of β-lactam (4-membered cyclic amide) rings is 1. The lowest BCUT2D eigenvalue weighted by Gasteiger charge is -2.35. The van der Waals surface area contributed by atoms with E-state index in [0.717, 1.165) is 18.0 Å². The Labute approximate surface area is 164 Å². The Morgan fingerprint density at radius 1 is 1.38 bits per heavy atom. The number of rotatable bonds is 5. The van der Waals surface area contributed by atoms with Crippen LogP contribution in [0.15, 0.2) is 23.3 Å². The molecular weight excluding hydrogens is 410 g/mol. The number of benzene rings is 1. The van der Waals surface area contributed by atoms with Gasteiger partial charge in [-0.2, -0.15) is 5.10 Å². The van der Waals surface area contributed by atoms with Crippen molar-refractivity contribution in [1.29, 1.82) is 0 Å².